The average molecular weight is 270 g/mol. The molecule has 0 radical (unpaired) electrons. The maximum Gasteiger partial charge on any atom is 0.124 e. The Bertz CT molecular complexity index is 704. The molecular formula is C15H14N2OS. The number of benzene rings is 2. The van der Waals surface area contributed by atoms with Crippen molar-refractivity contribution >= 4 is 21.6 Å². The van der Waals surface area contributed by atoms with Crippen LogP contribution in [-0.2, 0) is 6.54 Å². The summed E-state index contributed by atoms with van der Waals surface area (Å²) in [5, 5.41) is 1.02. The minimum Gasteiger partial charge on any atom is -0.497 e. The first-order valence-electron chi connectivity index (χ1n) is 6.04. The molecular weight excluding hydrogens is 256 g/mol. The number of hydrogen-bond acceptors (Lipinski definition) is 4. The SMILES string of the molecule is COc1ccc(-c2nc3ccc(CN)cc3s2)cc1. The molecule has 19 heavy (non-hydrogen) atoms. The number of fused-ring (bicyclic) bond motifs is 1. The molecule has 0 fully saturated rings. The molecule has 0 saturated heterocycles. The monoisotopic (exact) mass is 270 g/mol. The third kappa shape index (κ3) is 2.32. The molecule has 1 aromatic heterocycles. The van der Waals surface area contributed by atoms with Crippen molar-refractivity contribution in [3.63, 3.8) is 0 Å². The van der Waals surface area contributed by atoms with Crippen LogP contribution in [0.1, 0.15) is 5.56 Å². The number of methoxy groups -OCH3 is 1. The Kier molecular flexibility index (Phi) is 3.19. The molecule has 4 heteroatoms. The molecule has 1 heterocycles. The van der Waals surface area contributed by atoms with Gasteiger partial charge in [-0.2, -0.15) is 0 Å². The molecule has 0 aliphatic heterocycles. The molecule has 0 saturated carbocycles. The number of thiazole rings is 1. The summed E-state index contributed by atoms with van der Waals surface area (Å²) in [6.45, 7) is 0.561. The summed E-state index contributed by atoms with van der Waals surface area (Å²) in [5.74, 6) is 0.857. The molecule has 2 aromatic carbocycles. The molecule has 0 spiro atoms. The summed E-state index contributed by atoms with van der Waals surface area (Å²) in [7, 11) is 1.67. The fourth-order valence-electron chi connectivity index (χ4n) is 1.95. The Morgan fingerprint density at radius 2 is 1.95 bits per heavy atom. The Balaban J connectivity index is 2.04. The van der Waals surface area contributed by atoms with E-state index in [2.05, 4.69) is 11.1 Å². The Morgan fingerprint density at radius 3 is 2.63 bits per heavy atom. The summed E-state index contributed by atoms with van der Waals surface area (Å²) in [6, 6.07) is 14.1. The lowest BCUT2D eigenvalue weighted by Gasteiger charge is -1.99. The smallest absolute Gasteiger partial charge is 0.124 e. The third-order valence-corrected chi connectivity index (χ3v) is 4.09. The maximum absolute atomic E-state index is 5.66. The second-order valence-corrected chi connectivity index (χ2v) is 5.28. The first-order valence-corrected chi connectivity index (χ1v) is 6.86. The zero-order valence-corrected chi connectivity index (χ0v) is 11.4. The fraction of sp³-hybridized carbons (Fsp3) is 0.133. The first kappa shape index (κ1) is 12.1. The van der Waals surface area contributed by atoms with Crippen LogP contribution in [0.3, 0.4) is 0 Å². The second-order valence-electron chi connectivity index (χ2n) is 4.25. The van der Waals surface area contributed by atoms with Crippen molar-refractivity contribution in [1.29, 1.82) is 0 Å². The van der Waals surface area contributed by atoms with Gasteiger partial charge in [-0.05, 0) is 42.0 Å². The lowest BCUT2D eigenvalue weighted by atomic mass is 10.2. The average Bonchev–Trinajstić information content (AvgIpc) is 2.90. The van der Waals surface area contributed by atoms with Crippen molar-refractivity contribution in [3.05, 3.63) is 48.0 Å². The van der Waals surface area contributed by atoms with Gasteiger partial charge >= 0.3 is 0 Å². The zero-order valence-electron chi connectivity index (χ0n) is 10.6. The molecule has 0 bridgehead atoms. The molecule has 0 amide bonds. The van der Waals surface area contributed by atoms with Gasteiger partial charge in [0.1, 0.15) is 10.8 Å². The summed E-state index contributed by atoms with van der Waals surface area (Å²) >= 11 is 1.69. The Morgan fingerprint density at radius 1 is 1.16 bits per heavy atom. The number of nitrogens with zero attached hydrogens (tertiary/aromatic N) is 1. The normalized spacial score (nSPS) is 10.8. The lowest BCUT2D eigenvalue weighted by Crippen LogP contribution is -1.94. The summed E-state index contributed by atoms with van der Waals surface area (Å²) in [6.07, 6.45) is 0. The fourth-order valence-corrected chi connectivity index (χ4v) is 2.99. The van der Waals surface area contributed by atoms with Gasteiger partial charge in [-0.1, -0.05) is 6.07 Å². The van der Waals surface area contributed by atoms with Crippen molar-refractivity contribution in [2.24, 2.45) is 5.73 Å². The molecule has 3 nitrogen and oxygen atoms in total. The van der Waals surface area contributed by atoms with Crippen LogP contribution < -0.4 is 10.5 Å². The van der Waals surface area contributed by atoms with Crippen LogP contribution in [0.25, 0.3) is 20.8 Å². The van der Waals surface area contributed by atoms with Gasteiger partial charge in [-0.3, -0.25) is 0 Å². The minimum atomic E-state index is 0.561. The van der Waals surface area contributed by atoms with Crippen molar-refractivity contribution in [2.45, 2.75) is 6.54 Å². The highest BCUT2D eigenvalue weighted by Gasteiger charge is 2.06. The van der Waals surface area contributed by atoms with Crippen LogP contribution in [0.15, 0.2) is 42.5 Å². The molecule has 0 aliphatic carbocycles. The van der Waals surface area contributed by atoms with Gasteiger partial charge in [-0.25, -0.2) is 4.98 Å². The van der Waals surface area contributed by atoms with E-state index in [1.807, 2.05) is 36.4 Å². The van der Waals surface area contributed by atoms with Crippen LogP contribution in [0, 0.1) is 0 Å². The van der Waals surface area contributed by atoms with Crippen LogP contribution in [0.2, 0.25) is 0 Å². The number of ether oxygens (including phenoxy) is 1. The molecule has 3 rings (SSSR count). The highest BCUT2D eigenvalue weighted by molar-refractivity contribution is 7.21. The van der Waals surface area contributed by atoms with Gasteiger partial charge in [0.15, 0.2) is 0 Å². The van der Waals surface area contributed by atoms with E-state index in [1.165, 1.54) is 4.70 Å². The molecule has 0 aliphatic rings. The topological polar surface area (TPSA) is 48.1 Å². The Hall–Kier alpha value is -1.91. The van der Waals surface area contributed by atoms with E-state index in [9.17, 15) is 0 Å². The van der Waals surface area contributed by atoms with Crippen LogP contribution >= 0.6 is 11.3 Å². The zero-order chi connectivity index (χ0) is 13.2. The van der Waals surface area contributed by atoms with Crippen LogP contribution in [0.4, 0.5) is 0 Å². The van der Waals surface area contributed by atoms with Crippen LogP contribution in [-0.4, -0.2) is 12.1 Å². The summed E-state index contributed by atoms with van der Waals surface area (Å²) < 4.78 is 6.34. The van der Waals surface area contributed by atoms with Crippen LogP contribution in [0.5, 0.6) is 5.75 Å². The molecule has 96 valence electrons. The van der Waals surface area contributed by atoms with Gasteiger partial charge in [0.05, 0.1) is 17.3 Å². The first-order chi connectivity index (χ1) is 9.30. The highest BCUT2D eigenvalue weighted by Crippen LogP contribution is 2.31. The lowest BCUT2D eigenvalue weighted by molar-refractivity contribution is 0.415. The molecule has 3 aromatic rings. The number of rotatable bonds is 3. The van der Waals surface area contributed by atoms with E-state index in [0.717, 1.165) is 27.4 Å². The van der Waals surface area contributed by atoms with Crippen molar-refractivity contribution < 1.29 is 4.74 Å². The largest absolute Gasteiger partial charge is 0.497 e. The minimum absolute atomic E-state index is 0.561. The van der Waals surface area contributed by atoms with Gasteiger partial charge < -0.3 is 10.5 Å². The predicted molar refractivity (Wildman–Crippen MR) is 79.5 cm³/mol. The van der Waals surface area contributed by atoms with E-state index < -0.39 is 0 Å². The van der Waals surface area contributed by atoms with Gasteiger partial charge in [0.2, 0.25) is 0 Å². The van der Waals surface area contributed by atoms with Gasteiger partial charge in [0.25, 0.3) is 0 Å². The molecule has 2 N–H and O–H groups in total. The predicted octanol–water partition coefficient (Wildman–Crippen LogP) is 3.43. The standard InChI is InChI=1S/C15H14N2OS/c1-18-12-5-3-11(4-6-12)15-17-13-7-2-10(9-16)8-14(13)19-15/h2-8H,9,16H2,1H3. The molecule has 0 atom stereocenters. The van der Waals surface area contributed by atoms with E-state index in [0.29, 0.717) is 6.54 Å². The Labute approximate surface area is 115 Å². The summed E-state index contributed by atoms with van der Waals surface area (Å²) in [4.78, 5) is 4.65. The second kappa shape index (κ2) is 4.99. The third-order valence-electron chi connectivity index (χ3n) is 3.03. The number of hydrogen-bond donors (Lipinski definition) is 1. The van der Waals surface area contributed by atoms with E-state index in [1.54, 1.807) is 18.4 Å². The highest BCUT2D eigenvalue weighted by atomic mass is 32.1. The van der Waals surface area contributed by atoms with Crippen molar-refractivity contribution in [1.82, 2.24) is 4.98 Å². The summed E-state index contributed by atoms with van der Waals surface area (Å²) in [5.41, 5.74) is 8.93. The molecule has 0 unspecified atom stereocenters. The maximum atomic E-state index is 5.66. The van der Waals surface area contributed by atoms with E-state index >= 15 is 0 Å². The van der Waals surface area contributed by atoms with Gasteiger partial charge in [0, 0.05) is 12.1 Å². The van der Waals surface area contributed by atoms with Crippen molar-refractivity contribution in [3.8, 4) is 16.3 Å². The number of aromatic nitrogens is 1. The van der Waals surface area contributed by atoms with E-state index in [-0.39, 0.29) is 0 Å². The van der Waals surface area contributed by atoms with Crippen molar-refractivity contribution in [2.75, 3.05) is 7.11 Å². The number of nitrogens with two attached hydrogens (primary N) is 1. The van der Waals surface area contributed by atoms with Gasteiger partial charge in [-0.15, -0.1) is 11.3 Å². The van der Waals surface area contributed by atoms with E-state index in [4.69, 9.17) is 10.5 Å². The quantitative estimate of drug-likeness (QED) is 0.793.